The molecule has 1 aliphatic rings. The van der Waals surface area contributed by atoms with Gasteiger partial charge in [0.2, 0.25) is 0 Å². The monoisotopic (exact) mass is 278 g/mol. The van der Waals surface area contributed by atoms with E-state index in [1.54, 1.807) is 12.3 Å². The molecule has 1 aromatic heterocycles. The van der Waals surface area contributed by atoms with E-state index < -0.39 is 0 Å². The first-order valence-electron chi connectivity index (χ1n) is 7.29. The summed E-state index contributed by atoms with van der Waals surface area (Å²) in [5, 5.41) is 14.6. The van der Waals surface area contributed by atoms with E-state index in [1.165, 1.54) is 19.0 Å². The predicted molar refractivity (Wildman–Crippen MR) is 79.0 cm³/mol. The zero-order valence-corrected chi connectivity index (χ0v) is 11.9. The predicted octanol–water partition coefficient (Wildman–Crippen LogP) is 2.35. The number of nitro groups is 1. The van der Waals surface area contributed by atoms with Crippen LogP contribution in [0, 0.1) is 10.1 Å². The molecule has 0 radical (unpaired) electrons. The first-order chi connectivity index (χ1) is 9.72. The molecule has 1 fully saturated rings. The molecule has 0 amide bonds. The topological polar surface area (TPSA) is 71.3 Å². The molecular weight excluding hydrogens is 256 g/mol. The van der Waals surface area contributed by atoms with Crippen molar-refractivity contribution in [1.29, 1.82) is 0 Å². The highest BCUT2D eigenvalue weighted by atomic mass is 16.6. The van der Waals surface area contributed by atoms with Gasteiger partial charge < -0.3 is 10.2 Å². The van der Waals surface area contributed by atoms with Crippen molar-refractivity contribution in [2.24, 2.45) is 0 Å². The van der Waals surface area contributed by atoms with Crippen molar-refractivity contribution >= 4 is 11.4 Å². The molecule has 1 aliphatic heterocycles. The average molecular weight is 278 g/mol. The summed E-state index contributed by atoms with van der Waals surface area (Å²) in [5.41, 5.74) is 0.774. The van der Waals surface area contributed by atoms with E-state index >= 15 is 0 Å². The fourth-order valence-corrected chi connectivity index (χ4v) is 2.71. The van der Waals surface area contributed by atoms with Crippen LogP contribution in [0.5, 0.6) is 0 Å². The van der Waals surface area contributed by atoms with Gasteiger partial charge in [0, 0.05) is 25.3 Å². The number of piperidine rings is 1. The lowest BCUT2D eigenvalue weighted by Gasteiger charge is -2.31. The van der Waals surface area contributed by atoms with Crippen LogP contribution in [0.2, 0.25) is 0 Å². The molecule has 1 saturated heterocycles. The van der Waals surface area contributed by atoms with Crippen LogP contribution < -0.4 is 10.2 Å². The van der Waals surface area contributed by atoms with Gasteiger partial charge in [0.15, 0.2) is 0 Å². The van der Waals surface area contributed by atoms with Gasteiger partial charge in [-0.1, -0.05) is 13.3 Å². The van der Waals surface area contributed by atoms with Crippen molar-refractivity contribution in [3.8, 4) is 0 Å². The molecule has 6 heteroatoms. The van der Waals surface area contributed by atoms with Gasteiger partial charge in [0.25, 0.3) is 0 Å². The van der Waals surface area contributed by atoms with E-state index in [1.807, 2.05) is 0 Å². The molecule has 1 atom stereocenters. The van der Waals surface area contributed by atoms with Crippen LogP contribution in [0.25, 0.3) is 0 Å². The van der Waals surface area contributed by atoms with Crippen LogP contribution in [0.4, 0.5) is 11.4 Å². The summed E-state index contributed by atoms with van der Waals surface area (Å²) < 4.78 is 0. The Morgan fingerprint density at radius 2 is 2.40 bits per heavy atom. The quantitative estimate of drug-likeness (QED) is 0.639. The number of hydrogen-bond donors (Lipinski definition) is 1. The molecule has 0 saturated carbocycles. The van der Waals surface area contributed by atoms with E-state index in [-0.39, 0.29) is 10.6 Å². The maximum Gasteiger partial charge on any atom is 0.310 e. The molecule has 0 aromatic carbocycles. The third kappa shape index (κ3) is 3.66. The van der Waals surface area contributed by atoms with Crippen molar-refractivity contribution in [3.63, 3.8) is 0 Å². The number of rotatable bonds is 6. The van der Waals surface area contributed by atoms with Gasteiger partial charge in [-0.25, -0.2) is 0 Å². The fourth-order valence-electron chi connectivity index (χ4n) is 2.71. The van der Waals surface area contributed by atoms with E-state index in [2.05, 4.69) is 22.1 Å². The van der Waals surface area contributed by atoms with E-state index in [4.69, 9.17) is 0 Å². The van der Waals surface area contributed by atoms with Crippen molar-refractivity contribution in [1.82, 2.24) is 10.3 Å². The Morgan fingerprint density at radius 3 is 3.05 bits per heavy atom. The Bertz CT molecular complexity index is 447. The lowest BCUT2D eigenvalue weighted by atomic mass is 10.0. The fraction of sp³-hybridized carbons (Fsp3) is 0.643. The van der Waals surface area contributed by atoms with E-state index in [0.717, 1.165) is 32.5 Å². The zero-order chi connectivity index (χ0) is 14.4. The molecule has 6 nitrogen and oxygen atoms in total. The Labute approximate surface area is 119 Å². The first-order valence-corrected chi connectivity index (χ1v) is 7.29. The second-order valence-corrected chi connectivity index (χ2v) is 5.21. The summed E-state index contributed by atoms with van der Waals surface area (Å²) in [7, 11) is 0. The van der Waals surface area contributed by atoms with Crippen molar-refractivity contribution in [3.05, 3.63) is 28.6 Å². The summed E-state index contributed by atoms with van der Waals surface area (Å²) in [6.07, 6.45) is 7.52. The largest absolute Gasteiger partial charge is 0.364 e. The molecule has 1 N–H and O–H groups in total. The van der Waals surface area contributed by atoms with Crippen LogP contribution in [0.3, 0.4) is 0 Å². The summed E-state index contributed by atoms with van der Waals surface area (Å²) in [6, 6.07) is 2.17. The van der Waals surface area contributed by atoms with Crippen molar-refractivity contribution in [2.45, 2.75) is 38.6 Å². The molecule has 110 valence electrons. The van der Waals surface area contributed by atoms with Crippen LogP contribution >= 0.6 is 0 Å². The minimum Gasteiger partial charge on any atom is -0.364 e. The maximum absolute atomic E-state index is 11.1. The minimum atomic E-state index is -0.348. The number of anilines is 1. The highest BCUT2D eigenvalue weighted by molar-refractivity contribution is 5.61. The first kappa shape index (κ1) is 14.7. The summed E-state index contributed by atoms with van der Waals surface area (Å²) >= 11 is 0. The molecule has 2 heterocycles. The molecule has 1 unspecified atom stereocenters. The lowest BCUT2D eigenvalue weighted by Crippen LogP contribution is -2.44. The molecule has 0 bridgehead atoms. The third-order valence-electron chi connectivity index (χ3n) is 3.66. The molecule has 20 heavy (non-hydrogen) atoms. The smallest absolute Gasteiger partial charge is 0.310 e. The Balaban J connectivity index is 2.16. The second kappa shape index (κ2) is 7.19. The minimum absolute atomic E-state index is 0.0942. The summed E-state index contributed by atoms with van der Waals surface area (Å²) in [5.74, 6) is 0. The van der Waals surface area contributed by atoms with Crippen molar-refractivity contribution in [2.75, 3.05) is 24.5 Å². The lowest BCUT2D eigenvalue weighted by molar-refractivity contribution is -0.384. The second-order valence-electron chi connectivity index (χ2n) is 5.21. The highest BCUT2D eigenvalue weighted by Crippen LogP contribution is 2.27. The van der Waals surface area contributed by atoms with Gasteiger partial charge in [-0.2, -0.15) is 0 Å². The third-order valence-corrected chi connectivity index (χ3v) is 3.66. The standard InChI is InChI=1S/C14H22N4O2/c1-2-9-17(11-12-5-3-4-7-16-12)13-6-8-15-10-14(13)18(19)20/h6,8,10,12,16H,2-5,7,9,11H2,1H3. The van der Waals surface area contributed by atoms with Crippen LogP contribution in [0.1, 0.15) is 32.6 Å². The van der Waals surface area contributed by atoms with Gasteiger partial charge >= 0.3 is 5.69 Å². The highest BCUT2D eigenvalue weighted by Gasteiger charge is 2.22. The zero-order valence-electron chi connectivity index (χ0n) is 11.9. The van der Waals surface area contributed by atoms with Gasteiger partial charge in [0.05, 0.1) is 4.92 Å². The number of nitrogens with zero attached hydrogens (tertiary/aromatic N) is 3. The van der Waals surface area contributed by atoms with Crippen molar-refractivity contribution < 1.29 is 4.92 Å². The normalized spacial score (nSPS) is 18.8. The van der Waals surface area contributed by atoms with Crippen LogP contribution in [-0.2, 0) is 0 Å². The molecule has 1 aromatic rings. The summed E-state index contributed by atoms with van der Waals surface area (Å²) in [4.78, 5) is 16.8. The Morgan fingerprint density at radius 1 is 1.55 bits per heavy atom. The summed E-state index contributed by atoms with van der Waals surface area (Å²) in [6.45, 7) is 4.78. The number of pyridine rings is 1. The number of hydrogen-bond acceptors (Lipinski definition) is 5. The van der Waals surface area contributed by atoms with Crippen LogP contribution in [-0.4, -0.2) is 35.6 Å². The van der Waals surface area contributed by atoms with Gasteiger partial charge in [-0.05, 0) is 31.9 Å². The van der Waals surface area contributed by atoms with Gasteiger partial charge in [-0.15, -0.1) is 0 Å². The van der Waals surface area contributed by atoms with E-state index in [9.17, 15) is 10.1 Å². The van der Waals surface area contributed by atoms with E-state index in [0.29, 0.717) is 11.7 Å². The van der Waals surface area contributed by atoms with Gasteiger partial charge in [0.1, 0.15) is 11.9 Å². The number of aromatic nitrogens is 1. The Hall–Kier alpha value is -1.69. The average Bonchev–Trinajstić information content (AvgIpc) is 2.48. The van der Waals surface area contributed by atoms with Gasteiger partial charge in [-0.3, -0.25) is 15.1 Å². The Kier molecular flexibility index (Phi) is 5.29. The molecular formula is C14H22N4O2. The molecule has 2 rings (SSSR count). The molecule has 0 aliphatic carbocycles. The van der Waals surface area contributed by atoms with Crippen LogP contribution in [0.15, 0.2) is 18.5 Å². The SMILES string of the molecule is CCCN(CC1CCCCN1)c1ccncc1[N+](=O)[O-]. The molecule has 0 spiro atoms. The number of nitrogens with one attached hydrogen (secondary N) is 1. The maximum atomic E-state index is 11.1.